The minimum atomic E-state index is -1.25. The summed E-state index contributed by atoms with van der Waals surface area (Å²) in [6.07, 6.45) is 6.90. The van der Waals surface area contributed by atoms with Gasteiger partial charge in [0.1, 0.15) is 29.9 Å². The summed E-state index contributed by atoms with van der Waals surface area (Å²) in [7, 11) is 2.96. The highest BCUT2D eigenvalue weighted by Crippen LogP contribution is 2.33. The third-order valence-corrected chi connectivity index (χ3v) is 17.3. The van der Waals surface area contributed by atoms with Crippen LogP contribution >= 0.6 is 0 Å². The van der Waals surface area contributed by atoms with Crippen molar-refractivity contribution >= 4 is 82.6 Å². The second kappa shape index (κ2) is 37.3. The van der Waals surface area contributed by atoms with E-state index in [4.69, 9.17) is 22.9 Å². The minimum absolute atomic E-state index is 0.0187. The largest absolute Gasteiger partial charge is 0.508 e. The van der Waals surface area contributed by atoms with E-state index < -0.39 is 119 Å². The number of rotatable bonds is 39. The number of amides is 9. The number of aliphatic carboxylic acids is 1. The van der Waals surface area contributed by atoms with Gasteiger partial charge in [0.25, 0.3) is 11.8 Å². The Bertz CT molecular complexity index is 2870. The molecule has 93 heavy (non-hydrogen) atoms. The molecule has 0 aromatic heterocycles. The number of ketones is 2. The molecule has 0 saturated carbocycles. The molecule has 9 amide bonds. The van der Waals surface area contributed by atoms with E-state index in [1.54, 1.807) is 32.9 Å². The number of nitrogens with two attached hydrogens (primary N) is 4. The summed E-state index contributed by atoms with van der Waals surface area (Å²) in [5.74, 6) is -9.09. The maximum atomic E-state index is 15.1. The van der Waals surface area contributed by atoms with E-state index in [1.807, 2.05) is 13.8 Å². The van der Waals surface area contributed by atoms with Crippen LogP contribution in [0.2, 0.25) is 0 Å². The fourth-order valence-electron chi connectivity index (χ4n) is 12.1. The SMILES string of the molecule is CC(=O)N[C@@H](CCCCNC(=O)CCCCCN1C(=O)C=CC1=O)C(=O)N1CCC[C@H]1C(=O)N(C)[C@@H](CC(C)C)C(=O)N1CCC[C@H]1C(=O)N(C)[C@@H](CCCN=C(N)N)C(=O)C[C@H](C(=O)N[C@@H](CCCN=C(N)N)C(=O)C[C@@H](Cc1ccc(O)cc1)C(=O)O)C(C)(C)C. The van der Waals surface area contributed by atoms with Crippen molar-refractivity contribution in [1.29, 1.82) is 0 Å². The van der Waals surface area contributed by atoms with Gasteiger partial charge in [-0.3, -0.25) is 72.4 Å². The molecule has 28 heteroatoms. The lowest BCUT2D eigenvalue weighted by Crippen LogP contribution is -2.59. The van der Waals surface area contributed by atoms with Crippen LogP contribution in [-0.4, -0.2) is 207 Å². The number of benzene rings is 1. The van der Waals surface area contributed by atoms with Crippen LogP contribution in [0.5, 0.6) is 5.75 Å². The van der Waals surface area contributed by atoms with Gasteiger partial charge in [0.2, 0.25) is 41.4 Å². The van der Waals surface area contributed by atoms with Gasteiger partial charge >= 0.3 is 5.97 Å². The van der Waals surface area contributed by atoms with Crippen LogP contribution in [-0.2, 0) is 64.0 Å². The summed E-state index contributed by atoms with van der Waals surface area (Å²) in [6, 6.07) is -0.535. The predicted molar refractivity (Wildman–Crippen MR) is 348 cm³/mol. The number of carbonyl (C=O) groups is 12. The lowest BCUT2D eigenvalue weighted by atomic mass is 9.76. The first-order valence-electron chi connectivity index (χ1n) is 32.5. The molecule has 4 rings (SSSR count). The molecule has 0 aliphatic carbocycles. The van der Waals surface area contributed by atoms with E-state index in [1.165, 1.54) is 64.9 Å². The van der Waals surface area contributed by atoms with E-state index in [-0.39, 0.29) is 132 Å². The number of nitrogens with one attached hydrogen (secondary N) is 3. The maximum absolute atomic E-state index is 15.1. The smallest absolute Gasteiger partial charge is 0.307 e. The van der Waals surface area contributed by atoms with Crippen LogP contribution in [0, 0.1) is 23.2 Å². The summed E-state index contributed by atoms with van der Waals surface area (Å²) in [5, 5.41) is 28.4. The zero-order valence-corrected chi connectivity index (χ0v) is 55.6. The Hall–Kier alpha value is -8.46. The molecule has 3 aliphatic heterocycles. The molecule has 28 nitrogen and oxygen atoms in total. The van der Waals surface area contributed by atoms with Gasteiger partial charge in [-0.1, -0.05) is 53.2 Å². The fourth-order valence-corrected chi connectivity index (χ4v) is 12.1. The summed E-state index contributed by atoms with van der Waals surface area (Å²) in [5.41, 5.74) is 22.0. The number of phenolic OH excluding ortho intramolecular Hbond substituents is 1. The van der Waals surface area contributed by atoms with Gasteiger partial charge in [0.15, 0.2) is 23.5 Å². The number of imide groups is 1. The van der Waals surface area contributed by atoms with E-state index in [2.05, 4.69) is 25.9 Å². The average Bonchev–Trinajstić information content (AvgIpc) is 1.77. The van der Waals surface area contributed by atoms with Crippen molar-refractivity contribution in [3.63, 3.8) is 0 Å². The number of aromatic hydroxyl groups is 1. The number of likely N-dealkylation sites (tertiary alicyclic amines) is 2. The molecule has 3 heterocycles. The number of carboxylic acids is 1. The van der Waals surface area contributed by atoms with Crippen LogP contribution in [0.3, 0.4) is 0 Å². The number of guanidine groups is 2. The van der Waals surface area contributed by atoms with Crippen molar-refractivity contribution in [2.75, 3.05) is 53.4 Å². The van der Waals surface area contributed by atoms with Crippen molar-refractivity contribution < 1.29 is 67.7 Å². The Kier molecular flexibility index (Phi) is 30.9. The van der Waals surface area contributed by atoms with Crippen LogP contribution in [0.25, 0.3) is 0 Å². The summed E-state index contributed by atoms with van der Waals surface area (Å²) >= 11 is 0. The van der Waals surface area contributed by atoms with Crippen molar-refractivity contribution in [3.8, 4) is 5.75 Å². The summed E-state index contributed by atoms with van der Waals surface area (Å²) in [4.78, 5) is 179. The molecule has 3 aliphatic rings. The second-order valence-corrected chi connectivity index (χ2v) is 26.1. The molecule has 0 spiro atoms. The minimum Gasteiger partial charge on any atom is -0.508 e. The zero-order valence-electron chi connectivity index (χ0n) is 55.6. The van der Waals surface area contributed by atoms with Gasteiger partial charge in [-0.25, -0.2) is 0 Å². The third kappa shape index (κ3) is 24.5. The lowest BCUT2D eigenvalue weighted by molar-refractivity contribution is -0.154. The van der Waals surface area contributed by atoms with Crippen LogP contribution < -0.4 is 38.9 Å². The van der Waals surface area contributed by atoms with Crippen LogP contribution in [0.4, 0.5) is 0 Å². The maximum Gasteiger partial charge on any atom is 0.307 e. The highest BCUT2D eigenvalue weighted by Gasteiger charge is 2.46. The first-order valence-corrected chi connectivity index (χ1v) is 32.5. The number of nitrogens with zero attached hydrogens (tertiary/aromatic N) is 7. The molecule has 0 unspecified atom stereocenters. The van der Waals surface area contributed by atoms with Gasteiger partial charge in [-0.2, -0.15) is 0 Å². The van der Waals surface area contributed by atoms with Gasteiger partial charge in [-0.05, 0) is 125 Å². The number of phenols is 1. The molecule has 8 atom stereocenters. The standard InChI is InChI=1S/C65H102N14O14/c1-40(2)36-51(76(8)60(90)49-21-16-34-77(49)58(88)47(73-41(3)80)18-11-12-30-70-54(84)23-10-9-13-33-79-55(85)28-29-56(79)86)61(91)78-35-17-22-50(78)59(89)75(7)48(20-15-32-72-64(68)69)53(83)39-45(65(4,5)6)57(87)74-46(19-14-31-71-63(66)67)52(82)38-43(62(92)93)37-42-24-26-44(81)27-25-42/h24-29,40,43,45-51,81H,9-23,30-39H2,1-8H3,(H,70,84)(H,73,80)(H,74,87)(H,92,93)(H4,66,67,71)(H4,68,69,72)/t43-,45-,46+,47+,48+,49+,50+,51+/m1/s1. The summed E-state index contributed by atoms with van der Waals surface area (Å²) < 4.78 is 0. The number of hydrogen-bond acceptors (Lipinski definition) is 15. The second-order valence-electron chi connectivity index (χ2n) is 26.1. The number of hydrogen-bond donors (Lipinski definition) is 9. The first kappa shape index (κ1) is 77.0. The fraction of sp³-hybridized carbons (Fsp3) is 0.662. The Morgan fingerprint density at radius 3 is 1.76 bits per heavy atom. The Morgan fingerprint density at radius 2 is 1.23 bits per heavy atom. The van der Waals surface area contributed by atoms with Crippen LogP contribution in [0.1, 0.15) is 163 Å². The van der Waals surface area contributed by atoms with Gasteiger partial charge in [0.05, 0.1) is 18.0 Å². The molecular formula is C65H102N14O14. The monoisotopic (exact) mass is 1300 g/mol. The van der Waals surface area contributed by atoms with E-state index >= 15 is 9.59 Å². The van der Waals surface area contributed by atoms with Gasteiger partial charge in [0, 0.05) is 97.6 Å². The molecule has 13 N–H and O–H groups in total. The number of Topliss-reactive ketones (excluding diaryl/α,β-unsaturated/α-hetero) is 2. The van der Waals surface area contributed by atoms with E-state index in [0.717, 1.165) is 4.90 Å². The Morgan fingerprint density at radius 1 is 0.677 bits per heavy atom. The van der Waals surface area contributed by atoms with Gasteiger partial charge < -0.3 is 68.7 Å². The number of aliphatic imine (C=N–C) groups is 2. The number of carbonyl (C=O) groups excluding carboxylic acids is 11. The molecule has 516 valence electrons. The molecule has 2 saturated heterocycles. The lowest BCUT2D eigenvalue weighted by Gasteiger charge is -2.38. The molecule has 1 aromatic carbocycles. The van der Waals surface area contributed by atoms with E-state index in [9.17, 15) is 58.2 Å². The Balaban J connectivity index is 1.49. The molecule has 0 bridgehead atoms. The highest BCUT2D eigenvalue weighted by atomic mass is 16.4. The van der Waals surface area contributed by atoms with Gasteiger partial charge in [-0.15, -0.1) is 0 Å². The van der Waals surface area contributed by atoms with Crippen molar-refractivity contribution in [1.82, 2.24) is 40.4 Å². The number of likely N-dealkylation sites (N-methyl/N-ethyl adjacent to an activating group) is 2. The third-order valence-electron chi connectivity index (χ3n) is 17.3. The first-order chi connectivity index (χ1) is 43.8. The molecule has 2 fully saturated rings. The van der Waals surface area contributed by atoms with Crippen LogP contribution in [0.15, 0.2) is 46.4 Å². The predicted octanol–water partition coefficient (Wildman–Crippen LogP) is 1.77. The average molecular weight is 1300 g/mol. The number of carboxylic acid groups (broad SMARTS) is 1. The topological polar surface area (TPSA) is 426 Å². The normalized spacial score (nSPS) is 17.4. The summed E-state index contributed by atoms with van der Waals surface area (Å²) in [6.45, 7) is 11.5. The molecule has 0 radical (unpaired) electrons. The van der Waals surface area contributed by atoms with Crippen molar-refractivity contribution in [2.45, 2.75) is 200 Å². The number of unbranched alkanes of at least 4 members (excludes halogenated alkanes) is 3. The van der Waals surface area contributed by atoms with Crippen molar-refractivity contribution in [2.24, 2.45) is 56.1 Å². The quantitative estimate of drug-likeness (QED) is 0.0196. The molecule has 1 aromatic rings. The highest BCUT2D eigenvalue weighted by molar-refractivity contribution is 6.12. The Labute approximate surface area is 545 Å². The van der Waals surface area contributed by atoms with Crippen molar-refractivity contribution in [3.05, 3.63) is 42.0 Å². The zero-order chi connectivity index (χ0) is 69.3. The van der Waals surface area contributed by atoms with E-state index in [0.29, 0.717) is 63.5 Å². The molecular weight excluding hydrogens is 1200 g/mol.